The summed E-state index contributed by atoms with van der Waals surface area (Å²) >= 11 is 0. The third-order valence-corrected chi connectivity index (χ3v) is 4.56. The zero-order valence-corrected chi connectivity index (χ0v) is 17.1. The number of ketones is 1. The lowest BCUT2D eigenvalue weighted by Crippen LogP contribution is -3.00. The lowest BCUT2D eigenvalue weighted by Gasteiger charge is -2.15. The quantitative estimate of drug-likeness (QED) is 0.603. The lowest BCUT2D eigenvalue weighted by atomic mass is 9.91. The van der Waals surface area contributed by atoms with Gasteiger partial charge in [-0.3, -0.25) is 4.79 Å². The number of rotatable bonds is 3. The van der Waals surface area contributed by atoms with Crippen molar-refractivity contribution in [1.29, 1.82) is 0 Å². The van der Waals surface area contributed by atoms with E-state index < -0.39 is 0 Å². The third kappa shape index (κ3) is 3.69. The van der Waals surface area contributed by atoms with E-state index in [1.54, 1.807) is 0 Å². The van der Waals surface area contributed by atoms with Gasteiger partial charge in [-0.15, -0.1) is 0 Å². The molecule has 0 unspecified atom stereocenters. The summed E-state index contributed by atoms with van der Waals surface area (Å²) in [6, 6.07) is 16.7. The Kier molecular flexibility index (Phi) is 5.52. The number of aromatic nitrogens is 2. The van der Waals surface area contributed by atoms with E-state index in [9.17, 15) is 4.79 Å². The molecule has 0 N–H and O–H groups in total. The molecule has 0 spiro atoms. The summed E-state index contributed by atoms with van der Waals surface area (Å²) in [5, 5.41) is 0. The predicted octanol–water partition coefficient (Wildman–Crippen LogP) is 1.06. The number of halogens is 1. The molecule has 0 atom stereocenters. The van der Waals surface area contributed by atoms with Crippen molar-refractivity contribution in [2.75, 3.05) is 0 Å². The van der Waals surface area contributed by atoms with Gasteiger partial charge in [-0.2, -0.15) is 0 Å². The standard InChI is InChI=1S/C21H25N2O.BrH/c1-15-10-12-16(13-11-15)20-22(5)17-8-6-7-9-18(17)23(20)14-19(24)21(2,3)4;/h6-13H,14H2,1-5H3;1H/q+1;/p-1. The van der Waals surface area contributed by atoms with E-state index in [1.165, 1.54) is 5.56 Å². The molecule has 0 fully saturated rings. The number of nitrogens with zero attached hydrogens (tertiary/aromatic N) is 2. The van der Waals surface area contributed by atoms with Crippen molar-refractivity contribution >= 4 is 16.8 Å². The third-order valence-electron chi connectivity index (χ3n) is 4.56. The number of fused-ring (bicyclic) bond motifs is 1. The Labute approximate surface area is 160 Å². The summed E-state index contributed by atoms with van der Waals surface area (Å²) in [5.74, 6) is 1.30. The average Bonchev–Trinajstić information content (AvgIpc) is 2.81. The molecule has 1 aromatic heterocycles. The molecule has 0 saturated heterocycles. The molecule has 4 heteroatoms. The molecule has 3 nitrogen and oxygen atoms in total. The second kappa shape index (κ2) is 7.12. The molecule has 2 aromatic carbocycles. The fourth-order valence-electron chi connectivity index (χ4n) is 2.98. The van der Waals surface area contributed by atoms with Crippen LogP contribution in [0.15, 0.2) is 48.5 Å². The Balaban J connectivity index is 0.00000225. The lowest BCUT2D eigenvalue weighted by molar-refractivity contribution is -0.634. The molecule has 132 valence electrons. The maximum Gasteiger partial charge on any atom is 0.290 e. The highest BCUT2D eigenvalue weighted by atomic mass is 79.9. The molecular weight excluding hydrogens is 376 g/mol. The molecule has 0 saturated carbocycles. The van der Waals surface area contributed by atoms with E-state index in [-0.39, 0.29) is 28.2 Å². The van der Waals surface area contributed by atoms with Gasteiger partial charge in [0, 0.05) is 5.41 Å². The van der Waals surface area contributed by atoms with Gasteiger partial charge in [0.1, 0.15) is 0 Å². The van der Waals surface area contributed by atoms with Crippen molar-refractivity contribution in [2.24, 2.45) is 12.5 Å². The minimum atomic E-state index is -0.353. The molecule has 0 radical (unpaired) electrons. The second-order valence-corrected chi connectivity index (χ2v) is 7.50. The van der Waals surface area contributed by atoms with Crippen LogP contribution in [0.25, 0.3) is 22.4 Å². The normalized spacial score (nSPS) is 11.4. The fraction of sp³-hybridized carbons (Fsp3) is 0.333. The number of aryl methyl sites for hydroxylation is 2. The van der Waals surface area contributed by atoms with Gasteiger partial charge in [-0.1, -0.05) is 50.6 Å². The van der Waals surface area contributed by atoms with Crippen LogP contribution in [0.3, 0.4) is 0 Å². The second-order valence-electron chi connectivity index (χ2n) is 7.50. The highest BCUT2D eigenvalue weighted by Crippen LogP contribution is 2.25. The van der Waals surface area contributed by atoms with Gasteiger partial charge >= 0.3 is 0 Å². The van der Waals surface area contributed by atoms with Gasteiger partial charge in [0.2, 0.25) is 0 Å². The number of hydrogen-bond acceptors (Lipinski definition) is 1. The summed E-state index contributed by atoms with van der Waals surface area (Å²) < 4.78 is 4.32. The monoisotopic (exact) mass is 400 g/mol. The van der Waals surface area contributed by atoms with Crippen LogP contribution in [0.4, 0.5) is 0 Å². The van der Waals surface area contributed by atoms with E-state index in [0.29, 0.717) is 6.54 Å². The molecule has 1 heterocycles. The van der Waals surface area contributed by atoms with Crippen molar-refractivity contribution < 1.29 is 26.3 Å². The van der Waals surface area contributed by atoms with E-state index in [2.05, 4.69) is 59.5 Å². The highest BCUT2D eigenvalue weighted by molar-refractivity contribution is 5.86. The summed E-state index contributed by atoms with van der Waals surface area (Å²) in [4.78, 5) is 12.7. The predicted molar refractivity (Wildman–Crippen MR) is 97.7 cm³/mol. The van der Waals surface area contributed by atoms with Gasteiger partial charge in [0.25, 0.3) is 5.82 Å². The number of para-hydroxylation sites is 2. The largest absolute Gasteiger partial charge is 1.00 e. The number of Topliss-reactive ketones (excluding diaryl/α,β-unsaturated/α-hetero) is 1. The van der Waals surface area contributed by atoms with Crippen LogP contribution in [0, 0.1) is 12.3 Å². The highest BCUT2D eigenvalue weighted by Gasteiger charge is 2.29. The molecule has 3 aromatic rings. The Morgan fingerprint density at radius 1 is 1.04 bits per heavy atom. The first-order valence-corrected chi connectivity index (χ1v) is 8.36. The SMILES string of the molecule is Cc1ccc(-c2n(CC(=O)C(C)(C)C)c3ccccc3[n+]2C)cc1.[Br-]. The van der Waals surface area contributed by atoms with Crippen LogP contribution in [0.1, 0.15) is 26.3 Å². The molecule has 0 aliphatic heterocycles. The minimum Gasteiger partial charge on any atom is -1.00 e. The topological polar surface area (TPSA) is 25.9 Å². The fourth-order valence-corrected chi connectivity index (χ4v) is 2.98. The van der Waals surface area contributed by atoms with E-state index in [1.807, 2.05) is 32.9 Å². The number of carbonyl (C=O) groups excluding carboxylic acids is 1. The molecule has 3 rings (SSSR count). The number of benzene rings is 2. The average molecular weight is 401 g/mol. The van der Waals surface area contributed by atoms with E-state index >= 15 is 0 Å². The van der Waals surface area contributed by atoms with Crippen LogP contribution in [-0.4, -0.2) is 10.4 Å². The minimum absolute atomic E-state index is 0. The maximum atomic E-state index is 12.7. The first kappa shape index (κ1) is 19.4. The molecular formula is C21H25BrN2O. The van der Waals surface area contributed by atoms with Crippen molar-refractivity contribution in [3.63, 3.8) is 0 Å². The Morgan fingerprint density at radius 2 is 1.64 bits per heavy atom. The Bertz CT molecular complexity index is 902. The van der Waals surface area contributed by atoms with Gasteiger partial charge in [-0.05, 0) is 31.2 Å². The maximum absolute atomic E-state index is 12.7. The van der Waals surface area contributed by atoms with E-state index in [0.717, 1.165) is 22.4 Å². The Hall–Kier alpha value is -1.94. The molecule has 0 amide bonds. The van der Waals surface area contributed by atoms with Crippen LogP contribution < -0.4 is 21.5 Å². The van der Waals surface area contributed by atoms with Crippen LogP contribution in [-0.2, 0) is 18.4 Å². The molecule has 0 aliphatic rings. The summed E-state index contributed by atoms with van der Waals surface area (Å²) in [5.41, 5.74) is 4.23. The van der Waals surface area contributed by atoms with Crippen LogP contribution >= 0.6 is 0 Å². The van der Waals surface area contributed by atoms with Gasteiger partial charge in [-0.25, -0.2) is 9.13 Å². The summed E-state index contributed by atoms with van der Waals surface area (Å²) in [7, 11) is 2.07. The number of imidazole rings is 1. The first-order valence-electron chi connectivity index (χ1n) is 8.36. The van der Waals surface area contributed by atoms with Crippen LogP contribution in [0.5, 0.6) is 0 Å². The molecule has 25 heavy (non-hydrogen) atoms. The van der Waals surface area contributed by atoms with Gasteiger partial charge in [0.05, 0.1) is 12.6 Å². The number of carbonyl (C=O) groups is 1. The van der Waals surface area contributed by atoms with Gasteiger partial charge < -0.3 is 17.0 Å². The zero-order chi connectivity index (χ0) is 17.5. The zero-order valence-electron chi connectivity index (χ0n) is 15.5. The van der Waals surface area contributed by atoms with Crippen molar-refractivity contribution in [3.8, 4) is 11.4 Å². The summed E-state index contributed by atoms with van der Waals surface area (Å²) in [6.07, 6.45) is 0. The van der Waals surface area contributed by atoms with Crippen molar-refractivity contribution in [3.05, 3.63) is 54.1 Å². The van der Waals surface area contributed by atoms with Crippen molar-refractivity contribution in [1.82, 2.24) is 4.57 Å². The van der Waals surface area contributed by atoms with E-state index in [4.69, 9.17) is 0 Å². The smallest absolute Gasteiger partial charge is 0.290 e. The van der Waals surface area contributed by atoms with Crippen LogP contribution in [0.2, 0.25) is 0 Å². The van der Waals surface area contributed by atoms with Crippen molar-refractivity contribution in [2.45, 2.75) is 34.2 Å². The number of hydrogen-bond donors (Lipinski definition) is 0. The molecule has 0 aliphatic carbocycles. The molecule has 0 bridgehead atoms. The summed E-state index contributed by atoms with van der Waals surface area (Å²) in [6.45, 7) is 8.41. The van der Waals surface area contributed by atoms with Gasteiger partial charge in [0.15, 0.2) is 23.4 Å². The first-order chi connectivity index (χ1) is 11.3. The Morgan fingerprint density at radius 3 is 2.24 bits per heavy atom.